The highest BCUT2D eigenvalue weighted by molar-refractivity contribution is 5.55. The SMILES string of the molecule is Cc1cc(C)c(CNc2ccc3c(c2)OCCO3)c(C)c1. The lowest BCUT2D eigenvalue weighted by atomic mass is 10.00. The standard InChI is InChI=1S/C18H21NO2/c1-12-8-13(2)16(14(3)9-12)11-19-15-4-5-17-18(10-15)21-7-6-20-17/h4-5,8-10,19H,6-7,11H2,1-3H3. The Morgan fingerprint density at radius 2 is 1.57 bits per heavy atom. The highest BCUT2D eigenvalue weighted by Gasteiger charge is 2.12. The molecule has 0 aromatic heterocycles. The lowest BCUT2D eigenvalue weighted by Crippen LogP contribution is -2.15. The minimum absolute atomic E-state index is 0.618. The highest BCUT2D eigenvalue weighted by atomic mass is 16.6. The number of fused-ring (bicyclic) bond motifs is 1. The van der Waals surface area contributed by atoms with Crippen molar-refractivity contribution in [3.63, 3.8) is 0 Å². The van der Waals surface area contributed by atoms with E-state index in [2.05, 4.69) is 38.2 Å². The number of benzene rings is 2. The normalized spacial score (nSPS) is 13.1. The van der Waals surface area contributed by atoms with E-state index >= 15 is 0 Å². The van der Waals surface area contributed by atoms with Crippen LogP contribution in [0.3, 0.4) is 0 Å². The number of aryl methyl sites for hydroxylation is 3. The van der Waals surface area contributed by atoms with E-state index in [4.69, 9.17) is 9.47 Å². The third-order valence-electron chi connectivity index (χ3n) is 3.85. The van der Waals surface area contributed by atoms with Crippen molar-refractivity contribution in [2.75, 3.05) is 18.5 Å². The molecule has 1 N–H and O–H groups in total. The van der Waals surface area contributed by atoms with Crippen LogP contribution >= 0.6 is 0 Å². The molecule has 0 saturated heterocycles. The largest absolute Gasteiger partial charge is 0.486 e. The topological polar surface area (TPSA) is 30.5 Å². The Labute approximate surface area is 125 Å². The molecule has 2 aromatic rings. The fourth-order valence-electron chi connectivity index (χ4n) is 2.83. The minimum atomic E-state index is 0.618. The molecule has 0 unspecified atom stereocenters. The molecular weight excluding hydrogens is 262 g/mol. The zero-order valence-corrected chi connectivity index (χ0v) is 12.8. The van der Waals surface area contributed by atoms with Gasteiger partial charge in [0.05, 0.1) is 0 Å². The smallest absolute Gasteiger partial charge is 0.163 e. The number of hydrogen-bond acceptors (Lipinski definition) is 3. The Morgan fingerprint density at radius 3 is 2.29 bits per heavy atom. The molecule has 0 fully saturated rings. The van der Waals surface area contributed by atoms with Gasteiger partial charge in [0.1, 0.15) is 13.2 Å². The molecule has 0 amide bonds. The van der Waals surface area contributed by atoms with E-state index in [1.807, 2.05) is 18.2 Å². The second-order valence-corrected chi connectivity index (χ2v) is 5.59. The Morgan fingerprint density at radius 1 is 0.905 bits per heavy atom. The maximum atomic E-state index is 5.61. The van der Waals surface area contributed by atoms with Crippen LogP contribution in [0.5, 0.6) is 11.5 Å². The summed E-state index contributed by atoms with van der Waals surface area (Å²) in [5, 5.41) is 3.48. The van der Waals surface area contributed by atoms with Crippen LogP contribution in [0.25, 0.3) is 0 Å². The molecule has 2 aromatic carbocycles. The van der Waals surface area contributed by atoms with Crippen LogP contribution in [0.2, 0.25) is 0 Å². The quantitative estimate of drug-likeness (QED) is 0.923. The van der Waals surface area contributed by atoms with Crippen LogP contribution in [0.4, 0.5) is 5.69 Å². The minimum Gasteiger partial charge on any atom is -0.486 e. The van der Waals surface area contributed by atoms with Crippen LogP contribution in [0.15, 0.2) is 30.3 Å². The first-order valence-corrected chi connectivity index (χ1v) is 7.34. The maximum absolute atomic E-state index is 5.61. The fraction of sp³-hybridized carbons (Fsp3) is 0.333. The summed E-state index contributed by atoms with van der Waals surface area (Å²) in [6.45, 7) is 8.53. The van der Waals surface area contributed by atoms with Crippen molar-refractivity contribution in [1.29, 1.82) is 0 Å². The van der Waals surface area contributed by atoms with Crippen LogP contribution in [-0.4, -0.2) is 13.2 Å². The number of nitrogens with one attached hydrogen (secondary N) is 1. The van der Waals surface area contributed by atoms with Crippen LogP contribution in [0, 0.1) is 20.8 Å². The van der Waals surface area contributed by atoms with Gasteiger partial charge >= 0.3 is 0 Å². The van der Waals surface area contributed by atoms with Gasteiger partial charge in [0.25, 0.3) is 0 Å². The van der Waals surface area contributed by atoms with E-state index in [0.717, 1.165) is 23.7 Å². The van der Waals surface area contributed by atoms with Gasteiger partial charge in [-0.05, 0) is 49.6 Å². The van der Waals surface area contributed by atoms with E-state index in [9.17, 15) is 0 Å². The molecule has 0 atom stereocenters. The average Bonchev–Trinajstić information content (AvgIpc) is 2.46. The Hall–Kier alpha value is -2.16. The summed E-state index contributed by atoms with van der Waals surface area (Å²) in [5.41, 5.74) is 6.39. The molecule has 0 bridgehead atoms. The van der Waals surface area contributed by atoms with E-state index in [1.165, 1.54) is 22.3 Å². The Bertz CT molecular complexity index is 641. The van der Waals surface area contributed by atoms with Crippen molar-refractivity contribution >= 4 is 5.69 Å². The molecule has 3 nitrogen and oxygen atoms in total. The van der Waals surface area contributed by atoms with Gasteiger partial charge in [-0.1, -0.05) is 17.7 Å². The molecule has 0 aliphatic carbocycles. The van der Waals surface area contributed by atoms with Gasteiger partial charge in [-0.2, -0.15) is 0 Å². The van der Waals surface area contributed by atoms with Gasteiger partial charge in [0, 0.05) is 18.3 Å². The van der Waals surface area contributed by atoms with Gasteiger partial charge < -0.3 is 14.8 Å². The second-order valence-electron chi connectivity index (χ2n) is 5.59. The first-order chi connectivity index (χ1) is 10.1. The molecule has 0 spiro atoms. The van der Waals surface area contributed by atoms with Crippen molar-refractivity contribution in [3.05, 3.63) is 52.6 Å². The van der Waals surface area contributed by atoms with Gasteiger partial charge in [0.15, 0.2) is 11.5 Å². The molecule has 3 rings (SSSR count). The monoisotopic (exact) mass is 283 g/mol. The number of ether oxygens (including phenoxy) is 2. The molecule has 3 heteroatoms. The summed E-state index contributed by atoms with van der Waals surface area (Å²) < 4.78 is 11.2. The zero-order valence-electron chi connectivity index (χ0n) is 12.8. The van der Waals surface area contributed by atoms with Gasteiger partial charge in [-0.15, -0.1) is 0 Å². The molecular formula is C18H21NO2. The van der Waals surface area contributed by atoms with Gasteiger partial charge in [-0.25, -0.2) is 0 Å². The van der Waals surface area contributed by atoms with Crippen molar-refractivity contribution in [1.82, 2.24) is 0 Å². The molecule has 21 heavy (non-hydrogen) atoms. The second kappa shape index (κ2) is 5.68. The summed E-state index contributed by atoms with van der Waals surface area (Å²) in [4.78, 5) is 0. The lowest BCUT2D eigenvalue weighted by molar-refractivity contribution is 0.171. The molecule has 0 saturated carbocycles. The average molecular weight is 283 g/mol. The van der Waals surface area contributed by atoms with E-state index in [0.29, 0.717) is 13.2 Å². The fourth-order valence-corrected chi connectivity index (χ4v) is 2.83. The molecule has 1 heterocycles. The number of anilines is 1. The first kappa shape index (κ1) is 13.8. The third-order valence-corrected chi connectivity index (χ3v) is 3.85. The zero-order chi connectivity index (χ0) is 14.8. The summed E-state index contributed by atoms with van der Waals surface area (Å²) in [6.07, 6.45) is 0. The third kappa shape index (κ3) is 2.97. The lowest BCUT2D eigenvalue weighted by Gasteiger charge is -2.19. The van der Waals surface area contributed by atoms with E-state index in [-0.39, 0.29) is 0 Å². The van der Waals surface area contributed by atoms with Crippen LogP contribution in [-0.2, 0) is 6.54 Å². The summed E-state index contributed by atoms with van der Waals surface area (Å²) in [5.74, 6) is 1.65. The van der Waals surface area contributed by atoms with Crippen molar-refractivity contribution < 1.29 is 9.47 Å². The molecule has 1 aliphatic rings. The predicted molar refractivity (Wildman–Crippen MR) is 85.4 cm³/mol. The maximum Gasteiger partial charge on any atom is 0.163 e. The van der Waals surface area contributed by atoms with Crippen molar-refractivity contribution in [2.45, 2.75) is 27.3 Å². The van der Waals surface area contributed by atoms with Gasteiger partial charge in [0.2, 0.25) is 0 Å². The van der Waals surface area contributed by atoms with E-state index in [1.54, 1.807) is 0 Å². The van der Waals surface area contributed by atoms with Crippen molar-refractivity contribution in [2.24, 2.45) is 0 Å². The highest BCUT2D eigenvalue weighted by Crippen LogP contribution is 2.32. The molecule has 1 aliphatic heterocycles. The summed E-state index contributed by atoms with van der Waals surface area (Å²) in [6, 6.07) is 10.5. The number of hydrogen-bond donors (Lipinski definition) is 1. The summed E-state index contributed by atoms with van der Waals surface area (Å²) >= 11 is 0. The molecule has 0 radical (unpaired) electrons. The van der Waals surface area contributed by atoms with Crippen LogP contribution < -0.4 is 14.8 Å². The van der Waals surface area contributed by atoms with Crippen LogP contribution in [0.1, 0.15) is 22.3 Å². The summed E-state index contributed by atoms with van der Waals surface area (Å²) in [7, 11) is 0. The van der Waals surface area contributed by atoms with Crippen molar-refractivity contribution in [3.8, 4) is 11.5 Å². The van der Waals surface area contributed by atoms with E-state index < -0.39 is 0 Å². The number of rotatable bonds is 3. The Kier molecular flexibility index (Phi) is 3.74. The van der Waals surface area contributed by atoms with Gasteiger partial charge in [-0.3, -0.25) is 0 Å². The first-order valence-electron chi connectivity index (χ1n) is 7.34. The molecule has 110 valence electrons. The predicted octanol–water partition coefficient (Wildman–Crippen LogP) is 4.00. The Balaban J connectivity index is 1.76.